The SMILES string of the molecule is Cc1cnc(NC[C@H]2CCCN2CC2(C)CC2)c(=O)n1CC(=O)O. The molecule has 1 aliphatic heterocycles. The number of hydrogen-bond acceptors (Lipinski definition) is 5. The lowest BCUT2D eigenvalue weighted by Gasteiger charge is -2.27. The van der Waals surface area contributed by atoms with Gasteiger partial charge in [0.05, 0.1) is 0 Å². The minimum absolute atomic E-state index is 0.242. The molecule has 1 atom stereocenters. The van der Waals surface area contributed by atoms with E-state index in [4.69, 9.17) is 5.11 Å². The standard InChI is InChI=1S/C17H26N4O3/c1-12-8-18-15(16(24)21(12)10-14(22)23)19-9-13-4-3-7-20(13)11-17(2)5-6-17/h8,13H,3-7,9-11H2,1-2H3,(H,18,19)(H,22,23)/t13-/m1/s1. The van der Waals surface area contributed by atoms with Gasteiger partial charge in [0.15, 0.2) is 5.82 Å². The Morgan fingerprint density at radius 1 is 1.50 bits per heavy atom. The highest BCUT2D eigenvalue weighted by molar-refractivity contribution is 5.66. The Morgan fingerprint density at radius 3 is 2.92 bits per heavy atom. The van der Waals surface area contributed by atoms with Crippen molar-refractivity contribution in [1.82, 2.24) is 14.5 Å². The highest BCUT2D eigenvalue weighted by Crippen LogP contribution is 2.46. The molecule has 0 amide bonds. The van der Waals surface area contributed by atoms with Gasteiger partial charge >= 0.3 is 5.97 Å². The fourth-order valence-corrected chi connectivity index (χ4v) is 3.43. The number of anilines is 1. The van der Waals surface area contributed by atoms with E-state index in [2.05, 4.69) is 22.1 Å². The Balaban J connectivity index is 1.65. The van der Waals surface area contributed by atoms with Crippen LogP contribution in [0, 0.1) is 12.3 Å². The largest absolute Gasteiger partial charge is 0.480 e. The van der Waals surface area contributed by atoms with Crippen molar-refractivity contribution in [3.8, 4) is 0 Å². The molecule has 0 aromatic carbocycles. The van der Waals surface area contributed by atoms with Gasteiger partial charge in [-0.1, -0.05) is 6.92 Å². The molecular weight excluding hydrogens is 308 g/mol. The van der Waals surface area contributed by atoms with Gasteiger partial charge in [-0.25, -0.2) is 4.98 Å². The van der Waals surface area contributed by atoms with Crippen molar-refractivity contribution < 1.29 is 9.90 Å². The normalized spacial score (nSPS) is 22.5. The second-order valence-corrected chi connectivity index (χ2v) is 7.49. The number of aromatic nitrogens is 2. The summed E-state index contributed by atoms with van der Waals surface area (Å²) in [4.78, 5) is 30.0. The second kappa shape index (κ2) is 6.55. The van der Waals surface area contributed by atoms with E-state index >= 15 is 0 Å². The van der Waals surface area contributed by atoms with E-state index < -0.39 is 5.97 Å². The van der Waals surface area contributed by atoms with Crippen LogP contribution >= 0.6 is 0 Å². The molecule has 7 nitrogen and oxygen atoms in total. The number of nitrogens with zero attached hydrogens (tertiary/aromatic N) is 3. The van der Waals surface area contributed by atoms with Crippen molar-refractivity contribution in [3.63, 3.8) is 0 Å². The van der Waals surface area contributed by atoms with Gasteiger partial charge in [-0.2, -0.15) is 0 Å². The summed E-state index contributed by atoms with van der Waals surface area (Å²) in [5, 5.41) is 12.1. The first-order valence-electron chi connectivity index (χ1n) is 8.64. The predicted molar refractivity (Wildman–Crippen MR) is 91.3 cm³/mol. The van der Waals surface area contributed by atoms with Gasteiger partial charge in [-0.05, 0) is 44.6 Å². The van der Waals surface area contributed by atoms with Gasteiger partial charge in [0, 0.05) is 31.0 Å². The summed E-state index contributed by atoms with van der Waals surface area (Å²) >= 11 is 0. The van der Waals surface area contributed by atoms with E-state index in [9.17, 15) is 9.59 Å². The molecule has 3 rings (SSSR count). The van der Waals surface area contributed by atoms with E-state index in [0.29, 0.717) is 23.7 Å². The molecule has 1 aliphatic carbocycles. The summed E-state index contributed by atoms with van der Waals surface area (Å²) in [6.07, 6.45) is 6.47. The topological polar surface area (TPSA) is 87.5 Å². The Kier molecular flexibility index (Phi) is 4.62. The number of likely N-dealkylation sites (tertiary alicyclic amines) is 1. The third-order valence-corrected chi connectivity index (χ3v) is 5.24. The minimum Gasteiger partial charge on any atom is -0.480 e. The molecule has 0 unspecified atom stereocenters. The average molecular weight is 334 g/mol. The fraction of sp³-hybridized carbons (Fsp3) is 0.706. The molecule has 2 N–H and O–H groups in total. The lowest BCUT2D eigenvalue weighted by Crippen LogP contribution is -2.39. The molecule has 7 heteroatoms. The van der Waals surface area contributed by atoms with Crippen molar-refractivity contribution in [1.29, 1.82) is 0 Å². The van der Waals surface area contributed by atoms with E-state index in [0.717, 1.165) is 19.5 Å². The third kappa shape index (κ3) is 3.77. The molecule has 0 spiro atoms. The lowest BCUT2D eigenvalue weighted by molar-refractivity contribution is -0.137. The molecule has 132 valence electrons. The van der Waals surface area contributed by atoms with Gasteiger partial charge < -0.3 is 10.4 Å². The van der Waals surface area contributed by atoms with Crippen LogP contribution in [0.1, 0.15) is 38.3 Å². The number of aliphatic carboxylic acids is 1. The van der Waals surface area contributed by atoms with E-state index in [1.54, 1.807) is 13.1 Å². The molecule has 1 aromatic heterocycles. The van der Waals surface area contributed by atoms with E-state index in [-0.39, 0.29) is 17.9 Å². The summed E-state index contributed by atoms with van der Waals surface area (Å²) in [5.41, 5.74) is 0.673. The average Bonchev–Trinajstić information content (AvgIpc) is 3.08. The van der Waals surface area contributed by atoms with Crippen LogP contribution in [0.4, 0.5) is 5.82 Å². The maximum atomic E-state index is 12.4. The molecule has 2 heterocycles. The van der Waals surface area contributed by atoms with Crippen molar-refractivity contribution in [3.05, 3.63) is 22.2 Å². The molecule has 0 radical (unpaired) electrons. The summed E-state index contributed by atoms with van der Waals surface area (Å²) in [5.74, 6) is -0.789. The number of rotatable bonds is 7. The zero-order chi connectivity index (χ0) is 17.3. The molecule has 2 aliphatic rings. The Labute approximate surface area is 141 Å². The molecule has 1 aromatic rings. The summed E-state index contributed by atoms with van der Waals surface area (Å²) < 4.78 is 1.25. The Hall–Kier alpha value is -1.89. The van der Waals surface area contributed by atoms with Crippen LogP contribution in [0.2, 0.25) is 0 Å². The van der Waals surface area contributed by atoms with Gasteiger partial charge in [0.1, 0.15) is 6.54 Å². The smallest absolute Gasteiger partial charge is 0.323 e. The summed E-state index contributed by atoms with van der Waals surface area (Å²) in [6, 6.07) is 0.415. The zero-order valence-corrected chi connectivity index (χ0v) is 14.4. The fourth-order valence-electron chi connectivity index (χ4n) is 3.43. The zero-order valence-electron chi connectivity index (χ0n) is 14.4. The van der Waals surface area contributed by atoms with E-state index in [1.165, 1.54) is 23.8 Å². The number of nitrogens with one attached hydrogen (secondary N) is 1. The highest BCUT2D eigenvalue weighted by Gasteiger charge is 2.41. The minimum atomic E-state index is -1.03. The van der Waals surface area contributed by atoms with Crippen molar-refractivity contribution in [2.45, 2.75) is 52.1 Å². The summed E-state index contributed by atoms with van der Waals surface area (Å²) in [6.45, 7) is 6.61. The molecule has 2 fully saturated rings. The van der Waals surface area contributed by atoms with Crippen LogP contribution in [0.3, 0.4) is 0 Å². The number of hydrogen-bond donors (Lipinski definition) is 2. The van der Waals surface area contributed by atoms with Crippen LogP contribution < -0.4 is 10.9 Å². The first kappa shape index (κ1) is 17.0. The number of carboxylic acids is 1. The third-order valence-electron chi connectivity index (χ3n) is 5.24. The second-order valence-electron chi connectivity index (χ2n) is 7.49. The van der Waals surface area contributed by atoms with Gasteiger partial charge in [0.2, 0.25) is 0 Å². The van der Waals surface area contributed by atoms with Crippen LogP contribution in [0.15, 0.2) is 11.0 Å². The first-order chi connectivity index (χ1) is 11.4. The quantitative estimate of drug-likeness (QED) is 0.782. The Bertz CT molecular complexity index is 681. The monoisotopic (exact) mass is 334 g/mol. The van der Waals surface area contributed by atoms with E-state index in [1.807, 2.05) is 0 Å². The predicted octanol–water partition coefficient (Wildman–Crippen LogP) is 1.31. The van der Waals surface area contributed by atoms with Crippen molar-refractivity contribution in [2.75, 3.05) is 25.0 Å². The van der Waals surface area contributed by atoms with Gasteiger partial charge in [0.25, 0.3) is 5.56 Å². The molecule has 24 heavy (non-hydrogen) atoms. The van der Waals surface area contributed by atoms with Crippen LogP contribution in [0.25, 0.3) is 0 Å². The first-order valence-corrected chi connectivity index (χ1v) is 8.64. The lowest BCUT2D eigenvalue weighted by atomic mass is 10.1. The Morgan fingerprint density at radius 2 is 2.25 bits per heavy atom. The highest BCUT2D eigenvalue weighted by atomic mass is 16.4. The number of carbonyl (C=O) groups is 1. The van der Waals surface area contributed by atoms with Crippen LogP contribution in [-0.2, 0) is 11.3 Å². The van der Waals surface area contributed by atoms with Crippen LogP contribution in [0.5, 0.6) is 0 Å². The van der Waals surface area contributed by atoms with Gasteiger partial charge in [-0.3, -0.25) is 19.1 Å². The van der Waals surface area contributed by atoms with Crippen LogP contribution in [-0.4, -0.2) is 51.2 Å². The van der Waals surface area contributed by atoms with Crippen molar-refractivity contribution >= 4 is 11.8 Å². The van der Waals surface area contributed by atoms with Gasteiger partial charge in [-0.15, -0.1) is 0 Å². The number of aryl methyl sites for hydroxylation is 1. The summed E-state index contributed by atoms with van der Waals surface area (Å²) in [7, 11) is 0. The number of carboxylic acid groups (broad SMARTS) is 1. The molecule has 1 saturated carbocycles. The van der Waals surface area contributed by atoms with Crippen molar-refractivity contribution in [2.24, 2.45) is 5.41 Å². The maximum absolute atomic E-state index is 12.4. The molecular formula is C17H26N4O3. The maximum Gasteiger partial charge on any atom is 0.323 e. The molecule has 1 saturated heterocycles. The molecule has 0 bridgehead atoms.